The molecule has 4 nitrogen and oxygen atoms in total. The highest BCUT2D eigenvalue weighted by Crippen LogP contribution is 2.16. The molecule has 0 aliphatic carbocycles. The monoisotopic (exact) mass is 220 g/mol. The summed E-state index contributed by atoms with van der Waals surface area (Å²) in [4.78, 5) is 4.36. The minimum absolute atomic E-state index is 0.226. The van der Waals surface area contributed by atoms with Crippen LogP contribution in [0.25, 0.3) is 0 Å². The first-order valence-corrected chi connectivity index (χ1v) is 5.39. The molecule has 16 heavy (non-hydrogen) atoms. The summed E-state index contributed by atoms with van der Waals surface area (Å²) in [6, 6.07) is 7.71. The van der Waals surface area contributed by atoms with Gasteiger partial charge in [0.25, 0.3) is 0 Å². The number of hydrogen-bond acceptors (Lipinski definition) is 4. The fourth-order valence-corrected chi connectivity index (χ4v) is 1.62. The van der Waals surface area contributed by atoms with Crippen LogP contribution in [-0.2, 0) is 4.74 Å². The molecule has 2 rings (SSSR count). The number of hydrogen-bond donors (Lipinski definition) is 2. The third-order valence-corrected chi connectivity index (χ3v) is 2.56. The number of rotatable bonds is 3. The van der Waals surface area contributed by atoms with Crippen LogP contribution in [0.3, 0.4) is 0 Å². The van der Waals surface area contributed by atoms with Gasteiger partial charge < -0.3 is 15.6 Å². The fraction of sp³-hybridized carbons (Fsp3) is 0.417. The lowest BCUT2D eigenvalue weighted by Gasteiger charge is -2.08. The minimum atomic E-state index is -0.598. The summed E-state index contributed by atoms with van der Waals surface area (Å²) < 4.78 is 5.44. The van der Waals surface area contributed by atoms with Gasteiger partial charge in [-0.15, -0.1) is 0 Å². The van der Waals surface area contributed by atoms with Gasteiger partial charge in [-0.1, -0.05) is 12.1 Å². The van der Waals surface area contributed by atoms with Crippen LogP contribution in [0.15, 0.2) is 29.3 Å². The molecular formula is C12H16N2O2. The molecule has 0 saturated carbocycles. The summed E-state index contributed by atoms with van der Waals surface area (Å²) in [5.41, 5.74) is 7.14. The molecule has 1 heterocycles. The molecule has 0 bridgehead atoms. The van der Waals surface area contributed by atoms with Crippen molar-refractivity contribution in [3.05, 3.63) is 35.4 Å². The van der Waals surface area contributed by atoms with E-state index in [1.165, 1.54) is 0 Å². The Morgan fingerprint density at radius 1 is 1.50 bits per heavy atom. The number of aliphatic hydroxyl groups excluding tert-OH is 1. The molecule has 0 amide bonds. The van der Waals surface area contributed by atoms with Crippen LogP contribution in [0.4, 0.5) is 0 Å². The molecule has 2 unspecified atom stereocenters. The third kappa shape index (κ3) is 2.23. The Hall–Kier alpha value is -1.39. The second kappa shape index (κ2) is 4.63. The number of aliphatic hydroxyl groups is 1. The van der Waals surface area contributed by atoms with Crippen LogP contribution in [0.2, 0.25) is 0 Å². The highest BCUT2D eigenvalue weighted by atomic mass is 16.5. The van der Waals surface area contributed by atoms with E-state index >= 15 is 0 Å². The Labute approximate surface area is 94.8 Å². The maximum absolute atomic E-state index is 9.54. The highest BCUT2D eigenvalue weighted by molar-refractivity contribution is 5.95. The van der Waals surface area contributed by atoms with Gasteiger partial charge in [0.1, 0.15) is 6.61 Å². The molecule has 0 spiro atoms. The summed E-state index contributed by atoms with van der Waals surface area (Å²) in [5.74, 6) is 0.682. The van der Waals surface area contributed by atoms with Gasteiger partial charge in [0, 0.05) is 12.1 Å². The Balaban J connectivity index is 2.16. The van der Waals surface area contributed by atoms with Crippen LogP contribution in [-0.4, -0.2) is 30.2 Å². The molecule has 3 N–H and O–H groups in total. The second-order valence-corrected chi connectivity index (χ2v) is 3.97. The number of nitrogens with two attached hydrogens (primary N) is 1. The Kier molecular flexibility index (Phi) is 3.22. The van der Waals surface area contributed by atoms with E-state index in [1.807, 2.05) is 31.2 Å². The lowest BCUT2D eigenvalue weighted by Crippen LogP contribution is -2.11. The van der Waals surface area contributed by atoms with E-state index in [2.05, 4.69) is 4.99 Å². The minimum Gasteiger partial charge on any atom is -0.475 e. The molecule has 2 atom stereocenters. The van der Waals surface area contributed by atoms with E-state index in [9.17, 15) is 5.11 Å². The van der Waals surface area contributed by atoms with Crippen LogP contribution < -0.4 is 5.73 Å². The van der Waals surface area contributed by atoms with Gasteiger partial charge in [0.05, 0.1) is 12.1 Å². The van der Waals surface area contributed by atoms with Crippen molar-refractivity contribution in [3.8, 4) is 0 Å². The predicted molar refractivity (Wildman–Crippen MR) is 62.4 cm³/mol. The van der Waals surface area contributed by atoms with Crippen LogP contribution in [0.1, 0.15) is 24.2 Å². The Bertz CT molecular complexity index is 387. The summed E-state index contributed by atoms with van der Waals surface area (Å²) in [6.45, 7) is 2.88. The number of nitrogens with zero attached hydrogens (tertiary/aromatic N) is 1. The number of ether oxygens (including phenoxy) is 1. The van der Waals surface area contributed by atoms with Gasteiger partial charge in [0.2, 0.25) is 5.90 Å². The van der Waals surface area contributed by atoms with Gasteiger partial charge in [-0.25, -0.2) is 4.99 Å². The van der Waals surface area contributed by atoms with E-state index in [4.69, 9.17) is 10.5 Å². The van der Waals surface area contributed by atoms with Crippen molar-refractivity contribution < 1.29 is 9.84 Å². The summed E-state index contributed by atoms with van der Waals surface area (Å²) in [6.07, 6.45) is -0.598. The third-order valence-electron chi connectivity index (χ3n) is 2.56. The molecule has 4 heteroatoms. The first-order valence-electron chi connectivity index (χ1n) is 5.39. The van der Waals surface area contributed by atoms with Gasteiger partial charge in [-0.2, -0.15) is 0 Å². The van der Waals surface area contributed by atoms with Crippen molar-refractivity contribution in [1.29, 1.82) is 0 Å². The first kappa shape index (κ1) is 11.1. The number of benzene rings is 1. The SMILES string of the molecule is CC1COC(c2ccc(C(O)CN)cc2)=N1. The van der Waals surface area contributed by atoms with Crippen molar-refractivity contribution in [3.63, 3.8) is 0 Å². The molecule has 1 aliphatic rings. The zero-order valence-electron chi connectivity index (χ0n) is 9.26. The van der Waals surface area contributed by atoms with Gasteiger partial charge >= 0.3 is 0 Å². The Morgan fingerprint density at radius 3 is 2.69 bits per heavy atom. The smallest absolute Gasteiger partial charge is 0.216 e. The van der Waals surface area contributed by atoms with Crippen molar-refractivity contribution in [2.45, 2.75) is 19.1 Å². The van der Waals surface area contributed by atoms with Gasteiger partial charge in [-0.05, 0) is 24.6 Å². The molecule has 1 aromatic carbocycles. The maximum atomic E-state index is 9.54. The van der Waals surface area contributed by atoms with E-state index in [-0.39, 0.29) is 12.6 Å². The lowest BCUT2D eigenvalue weighted by atomic mass is 10.1. The van der Waals surface area contributed by atoms with Crippen LogP contribution in [0, 0.1) is 0 Å². The largest absolute Gasteiger partial charge is 0.475 e. The number of aliphatic imine (C=N–C) groups is 1. The second-order valence-electron chi connectivity index (χ2n) is 3.97. The molecule has 0 saturated heterocycles. The molecule has 0 radical (unpaired) electrons. The molecule has 1 aliphatic heterocycles. The zero-order chi connectivity index (χ0) is 11.5. The van der Waals surface area contributed by atoms with E-state index in [0.717, 1.165) is 11.1 Å². The molecule has 1 aromatic rings. The average Bonchev–Trinajstić information content (AvgIpc) is 2.75. The molecule has 0 fully saturated rings. The Morgan fingerprint density at radius 2 is 2.19 bits per heavy atom. The van der Waals surface area contributed by atoms with Gasteiger partial charge in [-0.3, -0.25) is 0 Å². The average molecular weight is 220 g/mol. The van der Waals surface area contributed by atoms with E-state index < -0.39 is 6.10 Å². The van der Waals surface area contributed by atoms with Gasteiger partial charge in [0.15, 0.2) is 0 Å². The van der Waals surface area contributed by atoms with Crippen LogP contribution in [0.5, 0.6) is 0 Å². The quantitative estimate of drug-likeness (QED) is 0.793. The molecule has 0 aromatic heterocycles. The summed E-state index contributed by atoms with van der Waals surface area (Å²) >= 11 is 0. The molecule has 86 valence electrons. The van der Waals surface area contributed by atoms with E-state index in [0.29, 0.717) is 12.5 Å². The van der Waals surface area contributed by atoms with Crippen molar-refractivity contribution in [2.75, 3.05) is 13.2 Å². The zero-order valence-corrected chi connectivity index (χ0v) is 9.26. The normalized spacial score (nSPS) is 21.4. The standard InChI is InChI=1S/C12H16N2O2/c1-8-7-16-12(14-8)10-4-2-9(3-5-10)11(15)6-13/h2-5,8,11,15H,6-7,13H2,1H3. The van der Waals surface area contributed by atoms with Crippen molar-refractivity contribution in [1.82, 2.24) is 0 Å². The maximum Gasteiger partial charge on any atom is 0.216 e. The summed E-state index contributed by atoms with van der Waals surface area (Å²) in [5, 5.41) is 9.54. The summed E-state index contributed by atoms with van der Waals surface area (Å²) in [7, 11) is 0. The predicted octanol–water partition coefficient (Wildman–Crippen LogP) is 0.844. The molecular weight excluding hydrogens is 204 g/mol. The topological polar surface area (TPSA) is 67.8 Å². The highest BCUT2D eigenvalue weighted by Gasteiger charge is 2.16. The van der Waals surface area contributed by atoms with Crippen molar-refractivity contribution in [2.24, 2.45) is 10.7 Å². The van der Waals surface area contributed by atoms with E-state index in [1.54, 1.807) is 0 Å². The fourth-order valence-electron chi connectivity index (χ4n) is 1.62. The van der Waals surface area contributed by atoms with Crippen molar-refractivity contribution >= 4 is 5.90 Å². The van der Waals surface area contributed by atoms with Crippen LogP contribution >= 0.6 is 0 Å². The lowest BCUT2D eigenvalue weighted by molar-refractivity contribution is 0.186. The first-order chi connectivity index (χ1) is 7.70.